The van der Waals surface area contributed by atoms with Gasteiger partial charge in [-0.05, 0) is 6.42 Å². The number of aliphatic hydroxyl groups excluding tert-OH is 2. The molecule has 3 rings (SSSR count). The summed E-state index contributed by atoms with van der Waals surface area (Å²) in [5, 5.41) is 20.4. The van der Waals surface area contributed by atoms with Crippen LogP contribution in [0.3, 0.4) is 0 Å². The lowest BCUT2D eigenvalue weighted by molar-refractivity contribution is -0.209. The van der Waals surface area contributed by atoms with Crippen molar-refractivity contribution in [1.82, 2.24) is 4.90 Å². The fourth-order valence-electron chi connectivity index (χ4n) is 2.47. The van der Waals surface area contributed by atoms with Gasteiger partial charge in [0.25, 0.3) is 0 Å². The molecule has 3 aliphatic rings. The van der Waals surface area contributed by atoms with Crippen molar-refractivity contribution in [1.29, 1.82) is 0 Å². The Bertz CT molecular complexity index is 416. The molecule has 9 heteroatoms. The second kappa shape index (κ2) is 5.04. The molecule has 0 aromatic rings. The summed E-state index contributed by atoms with van der Waals surface area (Å²) >= 11 is 1.23. The number of nitrogens with zero attached hydrogens (tertiary/aromatic N) is 2. The number of aliphatic hydroxyl groups is 2. The molecule has 0 radical (unpaired) electrons. The summed E-state index contributed by atoms with van der Waals surface area (Å²) in [6.07, 6.45) is -9.00. The van der Waals surface area contributed by atoms with Gasteiger partial charge in [0.15, 0.2) is 5.17 Å². The summed E-state index contributed by atoms with van der Waals surface area (Å²) in [4.78, 5) is 6.27. The van der Waals surface area contributed by atoms with Gasteiger partial charge in [-0.1, -0.05) is 11.8 Å². The van der Waals surface area contributed by atoms with Crippen LogP contribution < -0.4 is 0 Å². The number of ether oxygens (including phenoxy) is 1. The van der Waals surface area contributed by atoms with E-state index in [1.165, 1.54) is 11.8 Å². The molecule has 5 atom stereocenters. The van der Waals surface area contributed by atoms with Crippen molar-refractivity contribution in [3.05, 3.63) is 0 Å². The first-order chi connectivity index (χ1) is 9.35. The Labute approximate surface area is 117 Å². The molecule has 0 unspecified atom stereocenters. The van der Waals surface area contributed by atoms with Crippen LogP contribution in [0.5, 0.6) is 0 Å². The Balaban J connectivity index is 1.70. The molecule has 2 saturated heterocycles. The number of hydrogen-bond donors (Lipinski definition) is 2. The van der Waals surface area contributed by atoms with Gasteiger partial charge in [-0.15, -0.1) is 0 Å². The maximum atomic E-state index is 12.4. The molecule has 0 bridgehead atoms. The quantitative estimate of drug-likeness (QED) is 0.741. The number of alkyl halides is 3. The molecule has 0 amide bonds. The summed E-state index contributed by atoms with van der Waals surface area (Å²) in [5.74, 6) is 0. The van der Waals surface area contributed by atoms with Crippen molar-refractivity contribution < 1.29 is 28.1 Å². The number of likely N-dealkylation sites (tertiary alicyclic amines) is 1. The third kappa shape index (κ3) is 2.63. The summed E-state index contributed by atoms with van der Waals surface area (Å²) in [6.45, 7) is 1.71. The summed E-state index contributed by atoms with van der Waals surface area (Å²) in [6, 6.07) is -0.699. The second-order valence-corrected chi connectivity index (χ2v) is 6.27. The molecule has 5 nitrogen and oxygen atoms in total. The first-order valence-corrected chi connectivity index (χ1v) is 7.31. The van der Waals surface area contributed by atoms with Gasteiger partial charge in [-0.3, -0.25) is 4.99 Å². The fraction of sp³-hybridized carbons (Fsp3) is 0.909. The van der Waals surface area contributed by atoms with Crippen molar-refractivity contribution in [2.75, 3.05) is 13.1 Å². The molecule has 0 aliphatic carbocycles. The topological polar surface area (TPSA) is 65.3 Å². The van der Waals surface area contributed by atoms with E-state index in [-0.39, 0.29) is 0 Å². The third-order valence-corrected chi connectivity index (χ3v) is 4.91. The third-order valence-electron chi connectivity index (χ3n) is 3.71. The highest BCUT2D eigenvalue weighted by Gasteiger charge is 2.51. The molecule has 20 heavy (non-hydrogen) atoms. The second-order valence-electron chi connectivity index (χ2n) is 5.20. The van der Waals surface area contributed by atoms with Crippen LogP contribution in [0, 0.1) is 0 Å². The number of amidine groups is 1. The van der Waals surface area contributed by atoms with Crippen LogP contribution in [0.25, 0.3) is 0 Å². The predicted molar refractivity (Wildman–Crippen MR) is 66.4 cm³/mol. The molecule has 2 N–H and O–H groups in total. The van der Waals surface area contributed by atoms with Gasteiger partial charge in [0.1, 0.15) is 23.7 Å². The molecule has 114 valence electrons. The summed E-state index contributed by atoms with van der Waals surface area (Å²) < 4.78 is 42.6. The van der Waals surface area contributed by atoms with Crippen LogP contribution in [-0.4, -0.2) is 69.3 Å². The Kier molecular flexibility index (Phi) is 3.64. The van der Waals surface area contributed by atoms with Gasteiger partial charge in [-0.2, -0.15) is 13.2 Å². The van der Waals surface area contributed by atoms with E-state index in [1.807, 2.05) is 4.90 Å². The van der Waals surface area contributed by atoms with E-state index in [1.54, 1.807) is 0 Å². The van der Waals surface area contributed by atoms with Crippen LogP contribution in [0.2, 0.25) is 0 Å². The van der Waals surface area contributed by atoms with Crippen molar-refractivity contribution in [3.8, 4) is 0 Å². The van der Waals surface area contributed by atoms with Crippen molar-refractivity contribution >= 4 is 16.9 Å². The van der Waals surface area contributed by atoms with Gasteiger partial charge in [-0.25, -0.2) is 0 Å². The van der Waals surface area contributed by atoms with E-state index < -0.39 is 42.4 Å². The fourth-order valence-corrected chi connectivity index (χ4v) is 3.76. The van der Waals surface area contributed by atoms with Gasteiger partial charge in [0.2, 0.25) is 0 Å². The maximum absolute atomic E-state index is 12.4. The minimum atomic E-state index is -4.44. The van der Waals surface area contributed by atoms with Crippen molar-refractivity contribution in [2.24, 2.45) is 4.99 Å². The number of fused-ring (bicyclic) bond motifs is 1. The van der Waals surface area contributed by atoms with Crippen LogP contribution in [-0.2, 0) is 4.74 Å². The molecule has 0 aromatic heterocycles. The lowest BCUT2D eigenvalue weighted by Crippen LogP contribution is -2.55. The van der Waals surface area contributed by atoms with E-state index in [9.17, 15) is 23.4 Å². The smallest absolute Gasteiger partial charge is 0.388 e. The zero-order valence-electron chi connectivity index (χ0n) is 10.5. The van der Waals surface area contributed by atoms with Crippen LogP contribution in [0.15, 0.2) is 4.99 Å². The standard InChI is InChI=1S/C11H15F3N2O3S/c12-11(13,14)4-5-7(17)8(18)6-9(19-5)20-10(15-6)16-2-1-3-16/h5-9,17-18H,1-4H2/t5-,6-,7-,8-,9-/m1/s1. The van der Waals surface area contributed by atoms with E-state index in [2.05, 4.69) is 4.99 Å². The van der Waals surface area contributed by atoms with E-state index in [4.69, 9.17) is 4.74 Å². The number of halogens is 3. The number of rotatable bonds is 1. The van der Waals surface area contributed by atoms with Crippen LogP contribution >= 0.6 is 11.8 Å². The largest absolute Gasteiger partial charge is 0.391 e. The Morgan fingerprint density at radius 2 is 2.00 bits per heavy atom. The lowest BCUT2D eigenvalue weighted by Gasteiger charge is -2.38. The predicted octanol–water partition coefficient (Wildman–Crippen LogP) is 0.563. The zero-order valence-corrected chi connectivity index (χ0v) is 11.3. The average Bonchev–Trinajstić information content (AvgIpc) is 2.64. The zero-order chi connectivity index (χ0) is 14.5. The Hall–Kier alpha value is -0.510. The molecular weight excluding hydrogens is 297 g/mol. The highest BCUT2D eigenvalue weighted by atomic mass is 32.2. The van der Waals surface area contributed by atoms with Crippen LogP contribution in [0.4, 0.5) is 13.2 Å². The molecule has 0 saturated carbocycles. The number of thioether (sulfide) groups is 1. The highest BCUT2D eigenvalue weighted by molar-refractivity contribution is 8.14. The Morgan fingerprint density at radius 1 is 1.30 bits per heavy atom. The van der Waals surface area contributed by atoms with Crippen LogP contribution in [0.1, 0.15) is 12.8 Å². The highest BCUT2D eigenvalue weighted by Crippen LogP contribution is 2.40. The van der Waals surface area contributed by atoms with Crippen molar-refractivity contribution in [2.45, 2.75) is 48.8 Å². The van der Waals surface area contributed by atoms with E-state index in [0.717, 1.165) is 19.5 Å². The average molecular weight is 312 g/mol. The first-order valence-electron chi connectivity index (χ1n) is 6.43. The van der Waals surface area contributed by atoms with Gasteiger partial charge >= 0.3 is 6.18 Å². The molecule has 0 aromatic carbocycles. The van der Waals surface area contributed by atoms with E-state index >= 15 is 0 Å². The lowest BCUT2D eigenvalue weighted by atomic mass is 9.96. The SMILES string of the molecule is O[C@H]1[C@H](O)[C@@H](CC(F)(F)F)O[C@@H]2SC(N3CCC3)=N[C@H]12. The van der Waals surface area contributed by atoms with Gasteiger partial charge in [0, 0.05) is 13.1 Å². The number of aliphatic imine (C=N–C) groups is 1. The van der Waals surface area contributed by atoms with Gasteiger partial charge < -0.3 is 19.8 Å². The monoisotopic (exact) mass is 312 g/mol. The molecule has 3 aliphatic heterocycles. The maximum Gasteiger partial charge on any atom is 0.391 e. The van der Waals surface area contributed by atoms with Crippen molar-refractivity contribution in [3.63, 3.8) is 0 Å². The Morgan fingerprint density at radius 3 is 2.55 bits per heavy atom. The number of hydrogen-bond acceptors (Lipinski definition) is 6. The summed E-state index contributed by atoms with van der Waals surface area (Å²) in [7, 11) is 0. The molecular formula is C11H15F3N2O3S. The normalized spacial score (nSPS) is 41.1. The molecule has 3 heterocycles. The molecule has 2 fully saturated rings. The molecule has 0 spiro atoms. The van der Waals surface area contributed by atoms with Gasteiger partial charge in [0.05, 0.1) is 12.5 Å². The minimum absolute atomic E-state index is 0.656. The van der Waals surface area contributed by atoms with E-state index in [0.29, 0.717) is 5.17 Å². The summed E-state index contributed by atoms with van der Waals surface area (Å²) in [5.41, 5.74) is -0.656. The minimum Gasteiger partial charge on any atom is -0.388 e. The first kappa shape index (κ1) is 14.4.